The van der Waals surface area contributed by atoms with Crippen LogP contribution in [-0.2, 0) is 14.2 Å². The number of phenols is 1. The van der Waals surface area contributed by atoms with E-state index in [4.69, 9.17) is 18.9 Å². The highest BCUT2D eigenvalue weighted by Gasteiger charge is 2.51. The first-order valence-electron chi connectivity index (χ1n) is 9.72. The van der Waals surface area contributed by atoms with Gasteiger partial charge >= 0.3 is 0 Å². The van der Waals surface area contributed by atoms with Crippen LogP contribution in [0.15, 0.2) is 18.2 Å². The van der Waals surface area contributed by atoms with E-state index in [9.17, 15) is 40.9 Å². The lowest BCUT2D eigenvalue weighted by Crippen LogP contribution is -2.65. The molecule has 1 aromatic carbocycles. The van der Waals surface area contributed by atoms with E-state index in [0.29, 0.717) is 5.56 Å². The Morgan fingerprint density at radius 1 is 0.774 bits per heavy atom. The second-order valence-corrected chi connectivity index (χ2v) is 7.63. The lowest BCUT2D eigenvalue weighted by molar-refractivity contribution is -0.352. The van der Waals surface area contributed by atoms with Crippen molar-refractivity contribution >= 4 is 0 Å². The molecule has 12 heteroatoms. The van der Waals surface area contributed by atoms with E-state index in [-0.39, 0.29) is 11.5 Å². The number of benzene rings is 1. The second-order valence-electron chi connectivity index (χ2n) is 7.63. The number of hydrogen-bond acceptors (Lipinski definition) is 12. The summed E-state index contributed by atoms with van der Waals surface area (Å²) < 4.78 is 21.7. The van der Waals surface area contributed by atoms with Crippen LogP contribution in [0, 0.1) is 6.92 Å². The third kappa shape index (κ3) is 5.09. The zero-order chi connectivity index (χ0) is 22.9. The fourth-order valence-corrected chi connectivity index (χ4v) is 3.58. The van der Waals surface area contributed by atoms with Crippen LogP contribution in [0.5, 0.6) is 11.5 Å². The molecule has 2 aliphatic heterocycles. The van der Waals surface area contributed by atoms with E-state index in [1.807, 2.05) is 0 Å². The third-order valence-electron chi connectivity index (χ3n) is 5.25. The van der Waals surface area contributed by atoms with Gasteiger partial charge in [-0.15, -0.1) is 0 Å². The van der Waals surface area contributed by atoms with Crippen molar-refractivity contribution in [1.29, 1.82) is 0 Å². The predicted molar refractivity (Wildman–Crippen MR) is 99.9 cm³/mol. The van der Waals surface area contributed by atoms with Crippen LogP contribution in [0.3, 0.4) is 0 Å². The van der Waals surface area contributed by atoms with Gasteiger partial charge in [0.15, 0.2) is 6.29 Å². The number of aliphatic hydroxyl groups excluding tert-OH is 7. The monoisotopic (exact) mass is 448 g/mol. The molecule has 0 radical (unpaired) electrons. The number of rotatable bonds is 6. The molecule has 0 saturated carbocycles. The average Bonchev–Trinajstić information content (AvgIpc) is 2.72. The smallest absolute Gasteiger partial charge is 0.229 e. The number of aromatic hydroxyl groups is 1. The lowest BCUT2D eigenvalue weighted by Gasteiger charge is -2.45. The van der Waals surface area contributed by atoms with Crippen LogP contribution in [0.25, 0.3) is 0 Å². The fourth-order valence-electron chi connectivity index (χ4n) is 3.58. The topological polar surface area (TPSA) is 199 Å². The van der Waals surface area contributed by atoms with Crippen molar-refractivity contribution in [3.8, 4) is 11.5 Å². The minimum atomic E-state index is -1.76. The Balaban J connectivity index is 1.79. The highest BCUT2D eigenvalue weighted by atomic mass is 16.7. The summed E-state index contributed by atoms with van der Waals surface area (Å²) in [4.78, 5) is 0. The largest absolute Gasteiger partial charge is 0.508 e. The summed E-state index contributed by atoms with van der Waals surface area (Å²) in [5.41, 5.74) is 0.660. The van der Waals surface area contributed by atoms with Gasteiger partial charge < -0.3 is 59.8 Å². The molecule has 176 valence electrons. The number of hydrogen-bond donors (Lipinski definition) is 8. The van der Waals surface area contributed by atoms with Crippen LogP contribution in [0.2, 0.25) is 0 Å². The van der Waals surface area contributed by atoms with Gasteiger partial charge in [0.25, 0.3) is 0 Å². The quantitative estimate of drug-likeness (QED) is 0.216. The molecule has 0 aromatic heterocycles. The molecule has 3 rings (SSSR count). The summed E-state index contributed by atoms with van der Waals surface area (Å²) >= 11 is 0. The molecular formula is C19H28O12. The van der Waals surface area contributed by atoms with E-state index >= 15 is 0 Å². The first kappa shape index (κ1) is 24.1. The van der Waals surface area contributed by atoms with E-state index in [0.717, 1.165) is 0 Å². The van der Waals surface area contributed by atoms with Gasteiger partial charge in [0.1, 0.15) is 60.3 Å². The lowest BCUT2D eigenvalue weighted by atomic mass is 9.97. The van der Waals surface area contributed by atoms with Crippen LogP contribution in [-0.4, -0.2) is 115 Å². The average molecular weight is 448 g/mol. The molecule has 2 fully saturated rings. The van der Waals surface area contributed by atoms with Crippen molar-refractivity contribution < 1.29 is 59.8 Å². The van der Waals surface area contributed by atoms with Crippen molar-refractivity contribution in [2.24, 2.45) is 0 Å². The maximum Gasteiger partial charge on any atom is 0.229 e. The molecule has 2 saturated heterocycles. The molecule has 10 atom stereocenters. The normalized spacial score (nSPS) is 41.2. The summed E-state index contributed by atoms with van der Waals surface area (Å²) in [6.07, 6.45) is -15.4. The van der Waals surface area contributed by atoms with Crippen LogP contribution in [0.4, 0.5) is 0 Å². The molecule has 0 bridgehead atoms. The summed E-state index contributed by atoms with van der Waals surface area (Å²) in [7, 11) is 0. The van der Waals surface area contributed by atoms with Crippen LogP contribution in [0.1, 0.15) is 5.56 Å². The minimum absolute atomic E-state index is 0.0897. The summed E-state index contributed by atoms with van der Waals surface area (Å²) in [5, 5.41) is 79.7. The predicted octanol–water partition coefficient (Wildman–Crippen LogP) is -3.30. The first-order valence-corrected chi connectivity index (χ1v) is 9.72. The molecule has 2 aliphatic rings. The Hall–Kier alpha value is -1.58. The van der Waals surface area contributed by atoms with Crippen LogP contribution < -0.4 is 4.74 Å². The molecule has 8 N–H and O–H groups in total. The van der Waals surface area contributed by atoms with Gasteiger partial charge in [0.2, 0.25) is 6.29 Å². The fraction of sp³-hybridized carbons (Fsp3) is 0.684. The number of aliphatic hydroxyl groups is 7. The van der Waals surface area contributed by atoms with Crippen molar-refractivity contribution in [2.75, 3.05) is 13.2 Å². The second kappa shape index (κ2) is 9.92. The molecule has 2 heterocycles. The van der Waals surface area contributed by atoms with E-state index in [2.05, 4.69) is 0 Å². The molecule has 0 aliphatic carbocycles. The van der Waals surface area contributed by atoms with E-state index in [1.165, 1.54) is 12.1 Å². The highest BCUT2D eigenvalue weighted by Crippen LogP contribution is 2.31. The summed E-state index contributed by atoms with van der Waals surface area (Å²) in [6, 6.07) is 4.31. The zero-order valence-corrected chi connectivity index (χ0v) is 16.6. The van der Waals surface area contributed by atoms with E-state index < -0.39 is 74.6 Å². The number of aryl methyl sites for hydroxylation is 1. The van der Waals surface area contributed by atoms with Crippen LogP contribution >= 0.6 is 0 Å². The van der Waals surface area contributed by atoms with Gasteiger partial charge in [0, 0.05) is 6.07 Å². The van der Waals surface area contributed by atoms with Gasteiger partial charge in [-0.1, -0.05) is 0 Å². The zero-order valence-electron chi connectivity index (χ0n) is 16.6. The Kier molecular flexibility index (Phi) is 7.70. The SMILES string of the molecule is Cc1cc(O)cc(OC2OC(CO)C(O)C(OC3OC(CO)C(O)C(O)C3O)C2O)c1. The molecule has 1 aromatic rings. The van der Waals surface area contributed by atoms with Crippen molar-refractivity contribution in [3.63, 3.8) is 0 Å². The van der Waals surface area contributed by atoms with Crippen molar-refractivity contribution in [1.82, 2.24) is 0 Å². The van der Waals surface area contributed by atoms with Gasteiger partial charge in [0.05, 0.1) is 13.2 Å². The Morgan fingerprint density at radius 3 is 2.00 bits per heavy atom. The van der Waals surface area contributed by atoms with E-state index in [1.54, 1.807) is 13.0 Å². The van der Waals surface area contributed by atoms with Gasteiger partial charge in [-0.3, -0.25) is 0 Å². The molecule has 0 spiro atoms. The Labute approximate surface area is 177 Å². The number of ether oxygens (including phenoxy) is 4. The molecule has 31 heavy (non-hydrogen) atoms. The summed E-state index contributed by atoms with van der Waals surface area (Å²) in [6.45, 7) is 0.350. The summed E-state index contributed by atoms with van der Waals surface area (Å²) in [5.74, 6) is 0.0504. The Morgan fingerprint density at radius 2 is 1.39 bits per heavy atom. The molecule has 0 amide bonds. The maximum absolute atomic E-state index is 10.7. The minimum Gasteiger partial charge on any atom is -0.508 e. The highest BCUT2D eigenvalue weighted by molar-refractivity contribution is 5.37. The first-order chi connectivity index (χ1) is 14.7. The standard InChI is InChI=1S/C19H28O12/c1-7-2-8(22)4-9(3-7)28-19-16(27)17(13(24)11(6-21)30-19)31-18-15(26)14(25)12(23)10(5-20)29-18/h2-4,10-27H,5-6H2,1H3. The molecule has 10 unspecified atom stereocenters. The maximum atomic E-state index is 10.7. The van der Waals surface area contributed by atoms with Crippen molar-refractivity contribution in [2.45, 2.75) is 68.3 Å². The number of phenolic OH excluding ortho intramolecular Hbond substituents is 1. The van der Waals surface area contributed by atoms with Gasteiger partial charge in [-0.25, -0.2) is 0 Å². The van der Waals surface area contributed by atoms with Crippen molar-refractivity contribution in [3.05, 3.63) is 23.8 Å². The third-order valence-corrected chi connectivity index (χ3v) is 5.25. The molecule has 12 nitrogen and oxygen atoms in total. The Bertz CT molecular complexity index is 710. The molecular weight excluding hydrogens is 420 g/mol. The van der Waals surface area contributed by atoms with Gasteiger partial charge in [-0.2, -0.15) is 0 Å². The van der Waals surface area contributed by atoms with Gasteiger partial charge in [-0.05, 0) is 24.6 Å².